The van der Waals surface area contributed by atoms with Crippen LogP contribution in [0.4, 0.5) is 0 Å². The largest absolute Gasteiger partial charge is 0.457 e. The Hall–Kier alpha value is -3.71. The second-order valence-electron chi connectivity index (χ2n) is 8.08. The molecular formula is C31H26O2P+. The molecule has 0 spiro atoms. The molecule has 0 aliphatic rings. The van der Waals surface area contributed by atoms with Gasteiger partial charge in [-0.05, 0) is 66.2 Å². The second-order valence-corrected chi connectivity index (χ2v) is 11.5. The minimum Gasteiger partial charge on any atom is -0.457 e. The Labute approximate surface area is 201 Å². The molecular weight excluding hydrogens is 435 g/mol. The Bertz CT molecular complexity index is 1240. The average Bonchev–Trinajstić information content (AvgIpc) is 2.92. The summed E-state index contributed by atoms with van der Waals surface area (Å²) in [6.07, 6.45) is 0. The highest BCUT2D eigenvalue weighted by Gasteiger charge is 2.47. The molecule has 0 radical (unpaired) electrons. The first-order valence-corrected chi connectivity index (χ1v) is 13.1. The van der Waals surface area contributed by atoms with Crippen molar-refractivity contribution in [1.82, 2.24) is 0 Å². The minimum absolute atomic E-state index is 0.0218. The number of aliphatic hydroxyl groups is 1. The normalized spacial score (nSPS) is 11.2. The maximum Gasteiger partial charge on any atom is 0.144 e. The first-order chi connectivity index (χ1) is 16.8. The molecule has 0 heterocycles. The van der Waals surface area contributed by atoms with Crippen LogP contribution >= 0.6 is 7.26 Å². The molecule has 34 heavy (non-hydrogen) atoms. The first-order valence-electron chi connectivity index (χ1n) is 11.3. The number of hydrogen-bond donors (Lipinski definition) is 1. The van der Waals surface area contributed by atoms with Crippen LogP contribution in [0.15, 0.2) is 140 Å². The molecule has 5 rings (SSSR count). The fourth-order valence-electron chi connectivity index (χ4n) is 4.40. The Morgan fingerprint density at radius 3 is 1.41 bits per heavy atom. The van der Waals surface area contributed by atoms with Gasteiger partial charge in [-0.25, -0.2) is 0 Å². The van der Waals surface area contributed by atoms with Gasteiger partial charge in [0.25, 0.3) is 0 Å². The van der Waals surface area contributed by atoms with Gasteiger partial charge in [0, 0.05) is 6.07 Å². The van der Waals surface area contributed by atoms with E-state index in [4.69, 9.17) is 4.74 Å². The van der Waals surface area contributed by atoms with Gasteiger partial charge in [0.1, 0.15) is 40.0 Å². The number of ether oxygens (including phenoxy) is 1. The summed E-state index contributed by atoms with van der Waals surface area (Å²) in [4.78, 5) is 0. The van der Waals surface area contributed by atoms with Crippen molar-refractivity contribution in [2.45, 2.75) is 6.61 Å². The molecule has 166 valence electrons. The molecule has 1 N–H and O–H groups in total. The van der Waals surface area contributed by atoms with Crippen LogP contribution in [0.2, 0.25) is 0 Å². The number of hydrogen-bond acceptors (Lipinski definition) is 2. The van der Waals surface area contributed by atoms with Crippen LogP contribution < -0.4 is 26.0 Å². The van der Waals surface area contributed by atoms with Gasteiger partial charge in [-0.3, -0.25) is 0 Å². The Morgan fingerprint density at radius 1 is 0.471 bits per heavy atom. The molecule has 0 saturated carbocycles. The van der Waals surface area contributed by atoms with Gasteiger partial charge >= 0.3 is 0 Å². The van der Waals surface area contributed by atoms with Gasteiger partial charge in [-0.15, -0.1) is 0 Å². The van der Waals surface area contributed by atoms with Crippen molar-refractivity contribution in [2.75, 3.05) is 0 Å². The molecule has 0 aliphatic carbocycles. The van der Waals surface area contributed by atoms with E-state index in [0.29, 0.717) is 0 Å². The molecule has 0 amide bonds. The fraction of sp³-hybridized carbons (Fsp3) is 0.0323. The molecule has 0 aromatic heterocycles. The summed E-state index contributed by atoms with van der Waals surface area (Å²) < 4.78 is 6.26. The van der Waals surface area contributed by atoms with Crippen LogP contribution in [0.3, 0.4) is 0 Å². The van der Waals surface area contributed by atoms with Gasteiger partial charge < -0.3 is 9.84 Å². The maximum absolute atomic E-state index is 9.33. The first kappa shape index (κ1) is 22.1. The molecule has 0 atom stereocenters. The summed E-state index contributed by atoms with van der Waals surface area (Å²) >= 11 is 0. The van der Waals surface area contributed by atoms with Crippen LogP contribution in [0.1, 0.15) is 5.56 Å². The summed E-state index contributed by atoms with van der Waals surface area (Å²) in [7, 11) is -2.16. The van der Waals surface area contributed by atoms with Gasteiger partial charge in [-0.2, -0.15) is 0 Å². The molecule has 5 aromatic rings. The van der Waals surface area contributed by atoms with Crippen LogP contribution in [0.25, 0.3) is 0 Å². The lowest BCUT2D eigenvalue weighted by Gasteiger charge is -2.27. The van der Waals surface area contributed by atoms with E-state index >= 15 is 0 Å². The van der Waals surface area contributed by atoms with E-state index in [2.05, 4.69) is 109 Å². The molecule has 0 bridgehead atoms. The van der Waals surface area contributed by atoms with E-state index in [1.165, 1.54) is 21.2 Å². The molecule has 0 aliphatic heterocycles. The van der Waals surface area contributed by atoms with E-state index in [9.17, 15) is 5.11 Å². The average molecular weight is 462 g/mol. The third-order valence-corrected chi connectivity index (χ3v) is 10.2. The topological polar surface area (TPSA) is 29.5 Å². The van der Waals surface area contributed by atoms with Gasteiger partial charge in [-0.1, -0.05) is 72.8 Å². The third kappa shape index (κ3) is 4.26. The van der Waals surface area contributed by atoms with E-state index in [-0.39, 0.29) is 6.61 Å². The SMILES string of the molecule is OCc1ccc(Oc2cccc([P+](c3ccccc3)(c3ccccc3)c3ccccc3)c2)cc1. The van der Waals surface area contributed by atoms with Crippen molar-refractivity contribution in [3.63, 3.8) is 0 Å². The Kier molecular flexibility index (Phi) is 6.53. The van der Waals surface area contributed by atoms with Crippen LogP contribution in [0, 0.1) is 0 Å². The van der Waals surface area contributed by atoms with Gasteiger partial charge in [0.05, 0.1) is 6.61 Å². The molecule has 5 aromatic carbocycles. The lowest BCUT2D eigenvalue weighted by atomic mass is 10.2. The zero-order valence-electron chi connectivity index (χ0n) is 18.8. The minimum atomic E-state index is -2.16. The molecule has 3 heteroatoms. The van der Waals surface area contributed by atoms with Crippen molar-refractivity contribution in [3.05, 3.63) is 145 Å². The van der Waals surface area contributed by atoms with Crippen molar-refractivity contribution >= 4 is 28.5 Å². The van der Waals surface area contributed by atoms with Crippen LogP contribution in [0.5, 0.6) is 11.5 Å². The van der Waals surface area contributed by atoms with Crippen LogP contribution in [-0.2, 0) is 6.61 Å². The summed E-state index contributed by atoms with van der Waals surface area (Å²) in [6.45, 7) is 0.0218. The number of benzene rings is 5. The van der Waals surface area contributed by atoms with E-state index in [1.807, 2.05) is 30.3 Å². The quantitative estimate of drug-likeness (QED) is 0.320. The maximum atomic E-state index is 9.33. The van der Waals surface area contributed by atoms with Crippen molar-refractivity contribution in [3.8, 4) is 11.5 Å². The Balaban J connectivity index is 1.70. The summed E-state index contributed by atoms with van der Waals surface area (Å²) in [6, 6.07) is 48.5. The standard InChI is InChI=1S/C31H26O2P/c32-24-25-19-21-26(22-20-25)33-27-11-10-18-31(23-27)34(28-12-4-1-5-13-28,29-14-6-2-7-15-29)30-16-8-3-9-17-30/h1-23,32H,24H2/q+1. The monoisotopic (exact) mass is 461 g/mol. The Morgan fingerprint density at radius 2 is 0.941 bits per heavy atom. The highest BCUT2D eigenvalue weighted by molar-refractivity contribution is 8.01. The van der Waals surface area contributed by atoms with Gasteiger partial charge in [0.2, 0.25) is 0 Å². The van der Waals surface area contributed by atoms with E-state index in [1.54, 1.807) is 0 Å². The summed E-state index contributed by atoms with van der Waals surface area (Å²) in [5.41, 5.74) is 0.864. The summed E-state index contributed by atoms with van der Waals surface area (Å²) in [5, 5.41) is 14.5. The highest BCUT2D eigenvalue weighted by Crippen LogP contribution is 2.54. The van der Waals surface area contributed by atoms with Crippen molar-refractivity contribution in [1.29, 1.82) is 0 Å². The lowest BCUT2D eigenvalue weighted by molar-refractivity contribution is 0.281. The summed E-state index contributed by atoms with van der Waals surface area (Å²) in [5.74, 6) is 1.54. The van der Waals surface area contributed by atoms with E-state index < -0.39 is 7.26 Å². The lowest BCUT2D eigenvalue weighted by Crippen LogP contribution is -2.38. The fourth-order valence-corrected chi connectivity index (χ4v) is 8.68. The zero-order chi connectivity index (χ0) is 23.2. The van der Waals surface area contributed by atoms with Crippen LogP contribution in [-0.4, -0.2) is 5.11 Å². The predicted octanol–water partition coefficient (Wildman–Crippen LogP) is 5.59. The number of aliphatic hydroxyl groups excluding tert-OH is 1. The van der Waals surface area contributed by atoms with Crippen molar-refractivity contribution in [2.24, 2.45) is 0 Å². The van der Waals surface area contributed by atoms with E-state index in [0.717, 1.165) is 17.1 Å². The van der Waals surface area contributed by atoms with Crippen molar-refractivity contribution < 1.29 is 9.84 Å². The van der Waals surface area contributed by atoms with Gasteiger partial charge in [0.15, 0.2) is 0 Å². The molecule has 0 saturated heterocycles. The molecule has 2 nitrogen and oxygen atoms in total. The molecule has 0 fully saturated rings. The smallest absolute Gasteiger partial charge is 0.144 e. The third-order valence-electron chi connectivity index (χ3n) is 5.98. The predicted molar refractivity (Wildman–Crippen MR) is 144 cm³/mol. The molecule has 0 unspecified atom stereocenters. The highest BCUT2D eigenvalue weighted by atomic mass is 31.2. The zero-order valence-corrected chi connectivity index (χ0v) is 19.7. The second kappa shape index (κ2) is 10.1. The number of rotatable bonds is 7.